The molecule has 30 heavy (non-hydrogen) atoms. The van der Waals surface area contributed by atoms with Gasteiger partial charge in [-0.05, 0) is 43.9 Å². The highest BCUT2D eigenvalue weighted by Crippen LogP contribution is 2.25. The lowest BCUT2D eigenvalue weighted by Gasteiger charge is -2.29. The number of fused-ring (bicyclic) bond motifs is 2. The summed E-state index contributed by atoms with van der Waals surface area (Å²) in [7, 11) is 1.70. The molecular weight excluding hydrogens is 382 g/mol. The van der Waals surface area contributed by atoms with Gasteiger partial charge in [0.15, 0.2) is 5.65 Å². The van der Waals surface area contributed by atoms with Crippen molar-refractivity contribution in [1.82, 2.24) is 29.2 Å². The van der Waals surface area contributed by atoms with Crippen molar-refractivity contribution in [2.45, 2.75) is 37.8 Å². The van der Waals surface area contributed by atoms with Crippen molar-refractivity contribution in [3.05, 3.63) is 43.0 Å². The van der Waals surface area contributed by atoms with Crippen LogP contribution in [-0.2, 0) is 9.47 Å². The third-order valence-electron chi connectivity index (χ3n) is 5.60. The molecule has 0 aliphatic heterocycles. The third kappa shape index (κ3) is 3.86. The van der Waals surface area contributed by atoms with Crippen molar-refractivity contribution in [3.63, 3.8) is 0 Å². The average Bonchev–Trinajstić information content (AvgIpc) is 3.41. The van der Waals surface area contributed by atoms with Crippen LogP contribution in [0.2, 0.25) is 0 Å². The first-order valence-corrected chi connectivity index (χ1v) is 10.3. The zero-order valence-electron chi connectivity index (χ0n) is 16.9. The molecule has 1 aliphatic rings. The van der Waals surface area contributed by atoms with Crippen LogP contribution in [0.3, 0.4) is 0 Å². The molecule has 0 atom stereocenters. The highest BCUT2D eigenvalue weighted by Gasteiger charge is 2.22. The molecular formula is C21H25N7O2. The predicted octanol–water partition coefficient (Wildman–Crippen LogP) is 2.83. The number of rotatable bonds is 7. The second-order valence-electron chi connectivity index (χ2n) is 7.57. The Hall–Kier alpha value is -3.04. The van der Waals surface area contributed by atoms with E-state index >= 15 is 0 Å². The van der Waals surface area contributed by atoms with Crippen LogP contribution in [0.5, 0.6) is 0 Å². The van der Waals surface area contributed by atoms with E-state index in [9.17, 15) is 0 Å². The second-order valence-corrected chi connectivity index (χ2v) is 7.57. The van der Waals surface area contributed by atoms with E-state index in [1.807, 2.05) is 41.3 Å². The van der Waals surface area contributed by atoms with E-state index in [0.29, 0.717) is 31.3 Å². The molecule has 1 aliphatic carbocycles. The minimum absolute atomic E-state index is 0.328. The first kappa shape index (κ1) is 19.0. The van der Waals surface area contributed by atoms with Gasteiger partial charge in [0.25, 0.3) is 0 Å². The van der Waals surface area contributed by atoms with E-state index in [-0.39, 0.29) is 0 Å². The molecule has 0 amide bonds. The number of hydrogen-bond donors (Lipinski definition) is 1. The van der Waals surface area contributed by atoms with Gasteiger partial charge in [0, 0.05) is 37.3 Å². The number of hydrogen-bond acceptors (Lipinski definition) is 7. The Morgan fingerprint density at radius 2 is 1.90 bits per heavy atom. The number of imidazole rings is 1. The van der Waals surface area contributed by atoms with E-state index in [1.54, 1.807) is 17.8 Å². The van der Waals surface area contributed by atoms with Crippen LogP contribution in [0.4, 0.5) is 5.95 Å². The summed E-state index contributed by atoms with van der Waals surface area (Å²) in [6, 6.07) is 6.31. The van der Waals surface area contributed by atoms with Crippen LogP contribution in [0.25, 0.3) is 22.4 Å². The molecule has 4 aromatic heterocycles. The SMILES string of the molecule is COCCOC1CCC(Nc2ncc3c(-c4ccc5nccn5n4)ccn3n2)CC1. The lowest BCUT2D eigenvalue weighted by Crippen LogP contribution is -2.31. The van der Waals surface area contributed by atoms with Gasteiger partial charge < -0.3 is 14.8 Å². The topological polar surface area (TPSA) is 90.9 Å². The zero-order chi connectivity index (χ0) is 20.3. The molecule has 0 bridgehead atoms. The Morgan fingerprint density at radius 1 is 1.00 bits per heavy atom. The summed E-state index contributed by atoms with van der Waals surface area (Å²) < 4.78 is 14.5. The minimum Gasteiger partial charge on any atom is -0.382 e. The molecule has 9 heteroatoms. The van der Waals surface area contributed by atoms with Gasteiger partial charge in [0.1, 0.15) is 0 Å². The van der Waals surface area contributed by atoms with Crippen LogP contribution < -0.4 is 5.32 Å². The molecule has 0 aromatic carbocycles. The molecule has 1 fully saturated rings. The summed E-state index contributed by atoms with van der Waals surface area (Å²) in [6.45, 7) is 1.31. The number of nitrogens with one attached hydrogen (secondary N) is 1. The molecule has 4 heterocycles. The number of anilines is 1. The minimum atomic E-state index is 0.328. The molecule has 0 spiro atoms. The van der Waals surface area contributed by atoms with Crippen LogP contribution in [0.15, 0.2) is 43.0 Å². The van der Waals surface area contributed by atoms with Crippen LogP contribution in [0.1, 0.15) is 25.7 Å². The molecule has 4 aromatic rings. The highest BCUT2D eigenvalue weighted by molar-refractivity contribution is 5.78. The van der Waals surface area contributed by atoms with Crippen molar-refractivity contribution in [2.75, 3.05) is 25.6 Å². The Bertz CT molecular complexity index is 1130. The summed E-state index contributed by atoms with van der Waals surface area (Å²) in [6.07, 6.45) is 11.9. The van der Waals surface area contributed by atoms with E-state index in [0.717, 1.165) is 48.1 Å². The monoisotopic (exact) mass is 407 g/mol. The zero-order valence-corrected chi connectivity index (χ0v) is 16.9. The summed E-state index contributed by atoms with van der Waals surface area (Å²) >= 11 is 0. The fourth-order valence-corrected chi connectivity index (χ4v) is 4.00. The lowest BCUT2D eigenvalue weighted by molar-refractivity contribution is -0.00158. The van der Waals surface area contributed by atoms with Crippen LogP contribution >= 0.6 is 0 Å². The largest absolute Gasteiger partial charge is 0.382 e. The van der Waals surface area contributed by atoms with Gasteiger partial charge in [-0.15, -0.1) is 5.10 Å². The summed E-state index contributed by atoms with van der Waals surface area (Å²) in [5, 5.41) is 12.8. The first-order valence-electron chi connectivity index (χ1n) is 10.3. The fraction of sp³-hybridized carbons (Fsp3) is 0.429. The predicted molar refractivity (Wildman–Crippen MR) is 112 cm³/mol. The maximum atomic E-state index is 5.85. The Kier molecular flexibility index (Phi) is 5.29. The van der Waals surface area contributed by atoms with Crippen molar-refractivity contribution in [2.24, 2.45) is 0 Å². The fourth-order valence-electron chi connectivity index (χ4n) is 4.00. The molecule has 9 nitrogen and oxygen atoms in total. The summed E-state index contributed by atoms with van der Waals surface area (Å²) in [5.41, 5.74) is 3.59. The Labute approximate surface area is 174 Å². The normalized spacial score (nSPS) is 19.5. The highest BCUT2D eigenvalue weighted by atomic mass is 16.5. The van der Waals surface area contributed by atoms with E-state index in [4.69, 9.17) is 9.47 Å². The number of nitrogens with zero attached hydrogens (tertiary/aromatic N) is 6. The van der Waals surface area contributed by atoms with Crippen molar-refractivity contribution >= 4 is 17.1 Å². The van der Waals surface area contributed by atoms with Crippen molar-refractivity contribution in [3.8, 4) is 11.3 Å². The number of methoxy groups -OCH3 is 1. The van der Waals surface area contributed by atoms with E-state index in [2.05, 4.69) is 25.5 Å². The van der Waals surface area contributed by atoms with Gasteiger partial charge in [0.2, 0.25) is 5.95 Å². The van der Waals surface area contributed by atoms with Crippen molar-refractivity contribution in [1.29, 1.82) is 0 Å². The molecule has 0 radical (unpaired) electrons. The van der Waals surface area contributed by atoms with Crippen molar-refractivity contribution < 1.29 is 9.47 Å². The molecule has 0 unspecified atom stereocenters. The smallest absolute Gasteiger partial charge is 0.241 e. The van der Waals surface area contributed by atoms with Gasteiger partial charge in [-0.1, -0.05) is 0 Å². The van der Waals surface area contributed by atoms with E-state index < -0.39 is 0 Å². The van der Waals surface area contributed by atoms with Gasteiger partial charge in [-0.3, -0.25) is 0 Å². The molecule has 156 valence electrons. The average molecular weight is 407 g/mol. The van der Waals surface area contributed by atoms with Crippen LogP contribution in [-0.4, -0.2) is 61.7 Å². The third-order valence-corrected chi connectivity index (χ3v) is 5.60. The van der Waals surface area contributed by atoms with E-state index in [1.165, 1.54) is 0 Å². The lowest BCUT2D eigenvalue weighted by atomic mass is 9.93. The molecule has 1 N–H and O–H groups in total. The standard InChI is InChI=1S/C21H25N7O2/c1-29-12-13-30-16-4-2-15(3-5-16)24-21-23-14-19-17(8-10-27(19)26-21)18-6-7-20-22-9-11-28(20)25-18/h6-11,14-16H,2-5,12-13H2,1H3,(H,24,26). The molecule has 5 rings (SSSR count). The summed E-state index contributed by atoms with van der Waals surface area (Å²) in [4.78, 5) is 8.80. The molecule has 0 saturated heterocycles. The maximum absolute atomic E-state index is 5.85. The van der Waals surface area contributed by atoms with Gasteiger partial charge in [-0.2, -0.15) is 5.10 Å². The maximum Gasteiger partial charge on any atom is 0.241 e. The van der Waals surface area contributed by atoms with Gasteiger partial charge in [-0.25, -0.2) is 19.0 Å². The number of aromatic nitrogens is 6. The van der Waals surface area contributed by atoms with Crippen LogP contribution in [0, 0.1) is 0 Å². The number of ether oxygens (including phenoxy) is 2. The summed E-state index contributed by atoms with van der Waals surface area (Å²) in [5.74, 6) is 0.645. The second kappa shape index (κ2) is 8.37. The van der Waals surface area contributed by atoms with Gasteiger partial charge >= 0.3 is 0 Å². The quantitative estimate of drug-likeness (QED) is 0.471. The molecule has 1 saturated carbocycles. The Balaban J connectivity index is 1.26. The van der Waals surface area contributed by atoms with Gasteiger partial charge in [0.05, 0.1) is 36.7 Å². The first-order chi connectivity index (χ1) is 14.8. The Morgan fingerprint density at radius 3 is 2.77 bits per heavy atom.